The second-order valence-electron chi connectivity index (χ2n) is 9.72. The standard InChI is InChI=1S/C28H36ClNO7/c1-16(11-12-28(5)17(2)8-10-22(31)19(28)4)7-9-20-26(35)21(13-30-14-24(34)36-6)18(3)25(29)27(20)37-15-23(32)33/h7,11-13,17,19,35H,8-10,14-15H2,1-6H3,(H,32,33)/t17-,19+,28+/m1/s1. The van der Waals surface area contributed by atoms with E-state index in [1.54, 1.807) is 6.92 Å². The molecule has 0 heterocycles. The fourth-order valence-electron chi connectivity index (χ4n) is 4.39. The van der Waals surface area contributed by atoms with Crippen LogP contribution in [0, 0.1) is 24.2 Å². The molecule has 0 saturated heterocycles. The molecule has 3 atom stereocenters. The number of Topliss-reactive ketones (excluding diaryl/α,β-unsaturated/α-hetero) is 1. The Kier molecular flexibility index (Phi) is 10.5. The Hall–Kier alpha value is -3.13. The molecule has 1 aromatic carbocycles. The summed E-state index contributed by atoms with van der Waals surface area (Å²) in [5, 5.41) is 20.3. The van der Waals surface area contributed by atoms with Gasteiger partial charge in [-0.25, -0.2) is 4.79 Å². The monoisotopic (exact) mass is 533 g/mol. The van der Waals surface area contributed by atoms with Gasteiger partial charge in [0.15, 0.2) is 6.61 Å². The Morgan fingerprint density at radius 1 is 1.30 bits per heavy atom. The van der Waals surface area contributed by atoms with Crippen LogP contribution in [0.2, 0.25) is 5.02 Å². The van der Waals surface area contributed by atoms with E-state index in [4.69, 9.17) is 21.4 Å². The number of esters is 1. The molecule has 0 radical (unpaired) electrons. The predicted molar refractivity (Wildman–Crippen MR) is 143 cm³/mol. The third-order valence-corrected chi connectivity index (χ3v) is 7.85. The molecule has 0 aromatic heterocycles. The fraction of sp³-hybridized carbons (Fsp3) is 0.500. The maximum absolute atomic E-state index is 12.3. The molecule has 37 heavy (non-hydrogen) atoms. The van der Waals surface area contributed by atoms with Gasteiger partial charge < -0.3 is 19.7 Å². The number of halogens is 1. The Labute approximate surface area is 223 Å². The molecule has 1 aliphatic carbocycles. The average Bonchev–Trinajstić information content (AvgIpc) is 2.86. The number of phenolic OH excluding ortho intramolecular Hbond substituents is 1. The van der Waals surface area contributed by atoms with Crippen LogP contribution in [0.4, 0.5) is 0 Å². The highest BCUT2D eigenvalue weighted by Gasteiger charge is 2.41. The number of carboxylic acid groups (broad SMARTS) is 1. The van der Waals surface area contributed by atoms with Crippen LogP contribution in [0.25, 0.3) is 0 Å². The normalized spacial score (nSPS) is 22.6. The molecule has 0 unspecified atom stereocenters. The molecule has 8 nitrogen and oxygen atoms in total. The molecule has 1 saturated carbocycles. The lowest BCUT2D eigenvalue weighted by molar-refractivity contribution is -0.140. The van der Waals surface area contributed by atoms with Crippen molar-refractivity contribution in [3.05, 3.63) is 45.5 Å². The number of hydrogen-bond acceptors (Lipinski definition) is 7. The molecule has 1 aliphatic rings. The van der Waals surface area contributed by atoms with Crippen molar-refractivity contribution < 1.29 is 34.1 Å². The molecular formula is C28H36ClNO7. The summed E-state index contributed by atoms with van der Waals surface area (Å²) < 4.78 is 10.0. The van der Waals surface area contributed by atoms with Crippen LogP contribution < -0.4 is 4.74 Å². The smallest absolute Gasteiger partial charge is 0.341 e. The molecular weight excluding hydrogens is 498 g/mol. The second kappa shape index (κ2) is 12.9. The number of carbonyl (C=O) groups is 3. The number of allylic oxidation sites excluding steroid dienone is 4. The van der Waals surface area contributed by atoms with Gasteiger partial charge in [0.25, 0.3) is 0 Å². The molecule has 0 bridgehead atoms. The van der Waals surface area contributed by atoms with Crippen LogP contribution in [0.1, 0.15) is 57.2 Å². The fourth-order valence-corrected chi connectivity index (χ4v) is 4.66. The molecule has 1 aromatic rings. The minimum absolute atomic E-state index is 0.0734. The third kappa shape index (κ3) is 7.22. The number of ketones is 1. The Balaban J connectivity index is 2.44. The van der Waals surface area contributed by atoms with Gasteiger partial charge in [0.1, 0.15) is 23.8 Å². The van der Waals surface area contributed by atoms with E-state index in [9.17, 15) is 19.5 Å². The number of rotatable bonds is 10. The summed E-state index contributed by atoms with van der Waals surface area (Å²) in [5.74, 6) is -1.28. The number of phenols is 1. The number of aromatic hydroxyl groups is 1. The number of carboxylic acids is 1. The van der Waals surface area contributed by atoms with E-state index in [-0.39, 0.29) is 46.6 Å². The first-order valence-electron chi connectivity index (χ1n) is 12.2. The van der Waals surface area contributed by atoms with E-state index in [2.05, 4.69) is 29.7 Å². The lowest BCUT2D eigenvalue weighted by Gasteiger charge is -2.42. The number of nitrogens with zero attached hydrogens (tertiary/aromatic N) is 1. The van der Waals surface area contributed by atoms with Crippen molar-refractivity contribution in [2.75, 3.05) is 20.3 Å². The number of methoxy groups -OCH3 is 1. The largest absolute Gasteiger partial charge is 0.507 e. The van der Waals surface area contributed by atoms with Crippen LogP contribution in [0.5, 0.6) is 11.5 Å². The van der Waals surface area contributed by atoms with Gasteiger partial charge in [-0.15, -0.1) is 0 Å². The summed E-state index contributed by atoms with van der Waals surface area (Å²) in [5.41, 5.74) is 1.64. The van der Waals surface area contributed by atoms with Gasteiger partial charge in [-0.2, -0.15) is 0 Å². The highest BCUT2D eigenvalue weighted by Crippen LogP contribution is 2.45. The van der Waals surface area contributed by atoms with Crippen molar-refractivity contribution in [2.24, 2.45) is 22.2 Å². The first-order valence-corrected chi connectivity index (χ1v) is 12.5. The molecule has 0 aliphatic heterocycles. The van der Waals surface area contributed by atoms with Crippen molar-refractivity contribution >= 4 is 35.5 Å². The van der Waals surface area contributed by atoms with Crippen molar-refractivity contribution in [3.63, 3.8) is 0 Å². The lowest BCUT2D eigenvalue weighted by Crippen LogP contribution is -2.40. The highest BCUT2D eigenvalue weighted by molar-refractivity contribution is 6.33. The van der Waals surface area contributed by atoms with E-state index in [1.165, 1.54) is 13.3 Å². The minimum atomic E-state index is -1.18. The average molecular weight is 534 g/mol. The van der Waals surface area contributed by atoms with E-state index in [1.807, 2.05) is 26.0 Å². The summed E-state index contributed by atoms with van der Waals surface area (Å²) >= 11 is 6.52. The predicted octanol–water partition coefficient (Wildman–Crippen LogP) is 5.10. The number of aliphatic imine (C=N–C) groups is 1. The molecule has 0 spiro atoms. The van der Waals surface area contributed by atoms with Crippen molar-refractivity contribution in [1.82, 2.24) is 0 Å². The van der Waals surface area contributed by atoms with Crippen LogP contribution in [-0.2, 0) is 25.5 Å². The van der Waals surface area contributed by atoms with E-state index in [0.717, 1.165) is 12.0 Å². The van der Waals surface area contributed by atoms with Gasteiger partial charge in [0.05, 0.1) is 12.1 Å². The Morgan fingerprint density at radius 3 is 2.59 bits per heavy atom. The van der Waals surface area contributed by atoms with E-state index in [0.29, 0.717) is 29.0 Å². The van der Waals surface area contributed by atoms with Crippen molar-refractivity contribution in [2.45, 2.75) is 53.9 Å². The zero-order valence-corrected chi connectivity index (χ0v) is 23.0. The third-order valence-electron chi connectivity index (χ3n) is 7.39. The number of aliphatic carboxylic acids is 1. The Morgan fingerprint density at radius 2 is 1.97 bits per heavy atom. The van der Waals surface area contributed by atoms with Crippen molar-refractivity contribution in [1.29, 1.82) is 0 Å². The van der Waals surface area contributed by atoms with Gasteiger partial charge in [0.2, 0.25) is 0 Å². The van der Waals surface area contributed by atoms with Crippen LogP contribution in [0.15, 0.2) is 28.8 Å². The van der Waals surface area contributed by atoms with Crippen LogP contribution >= 0.6 is 11.6 Å². The quantitative estimate of drug-likeness (QED) is 0.244. The van der Waals surface area contributed by atoms with Crippen LogP contribution in [-0.4, -0.2) is 54.4 Å². The number of carbonyl (C=O) groups excluding carboxylic acids is 2. The maximum atomic E-state index is 12.3. The Bertz CT molecular complexity index is 1140. The first-order chi connectivity index (χ1) is 17.3. The van der Waals surface area contributed by atoms with Gasteiger partial charge in [-0.05, 0) is 43.6 Å². The second-order valence-corrected chi connectivity index (χ2v) is 10.1. The zero-order chi connectivity index (χ0) is 27.9. The van der Waals surface area contributed by atoms with Crippen molar-refractivity contribution in [3.8, 4) is 11.5 Å². The summed E-state index contributed by atoms with van der Waals surface area (Å²) in [6.45, 7) is 8.91. The topological polar surface area (TPSA) is 122 Å². The summed E-state index contributed by atoms with van der Waals surface area (Å²) in [7, 11) is 1.25. The molecule has 2 rings (SSSR count). The summed E-state index contributed by atoms with van der Waals surface area (Å²) in [6, 6.07) is 0. The zero-order valence-electron chi connectivity index (χ0n) is 22.3. The highest BCUT2D eigenvalue weighted by atomic mass is 35.5. The first kappa shape index (κ1) is 30.1. The molecule has 202 valence electrons. The summed E-state index contributed by atoms with van der Waals surface area (Å²) in [4.78, 5) is 38.9. The number of hydrogen-bond donors (Lipinski definition) is 2. The molecule has 0 amide bonds. The molecule has 1 fully saturated rings. The van der Waals surface area contributed by atoms with E-state index < -0.39 is 18.5 Å². The minimum Gasteiger partial charge on any atom is -0.507 e. The molecule has 9 heteroatoms. The van der Waals surface area contributed by atoms with Gasteiger partial charge in [-0.3, -0.25) is 14.6 Å². The maximum Gasteiger partial charge on any atom is 0.341 e. The van der Waals surface area contributed by atoms with Gasteiger partial charge in [-0.1, -0.05) is 56.2 Å². The van der Waals surface area contributed by atoms with Crippen LogP contribution in [0.3, 0.4) is 0 Å². The van der Waals surface area contributed by atoms with Gasteiger partial charge in [0, 0.05) is 29.7 Å². The van der Waals surface area contributed by atoms with E-state index >= 15 is 0 Å². The number of benzene rings is 1. The number of ether oxygens (including phenoxy) is 2. The lowest BCUT2D eigenvalue weighted by atomic mass is 9.61. The van der Waals surface area contributed by atoms with Gasteiger partial charge >= 0.3 is 11.9 Å². The summed E-state index contributed by atoms with van der Waals surface area (Å²) in [6.07, 6.45) is 8.90. The molecule has 2 N–H and O–H groups in total. The SMILES string of the molecule is COC(=O)CN=Cc1c(C)c(Cl)c(OCC(=O)O)c(CC=C(C)C=C[C@@]2(C)[C@H](C)CCC(=O)[C@@H]2C)c1O.